The Morgan fingerprint density at radius 2 is 1.97 bits per heavy atom. The van der Waals surface area contributed by atoms with E-state index in [0.717, 1.165) is 30.4 Å². The van der Waals surface area contributed by atoms with Gasteiger partial charge in [0.25, 0.3) is 0 Å². The SMILES string of the molecule is O=C(O)CCC1CCN(c2nc(-c3cc(F)c(Cl)cc3F)nc3ccncc23)CC1. The highest BCUT2D eigenvalue weighted by Crippen LogP contribution is 2.33. The summed E-state index contributed by atoms with van der Waals surface area (Å²) in [7, 11) is 0. The van der Waals surface area contributed by atoms with Crippen molar-refractivity contribution in [2.24, 2.45) is 5.92 Å². The van der Waals surface area contributed by atoms with Gasteiger partial charge in [-0.1, -0.05) is 11.6 Å². The van der Waals surface area contributed by atoms with Crippen LogP contribution in [-0.2, 0) is 4.79 Å². The molecule has 9 heteroatoms. The lowest BCUT2D eigenvalue weighted by atomic mass is 9.92. The molecule has 1 fully saturated rings. The van der Waals surface area contributed by atoms with E-state index in [1.165, 1.54) is 0 Å². The molecular weight excluding hydrogens is 414 g/mol. The van der Waals surface area contributed by atoms with Crippen LogP contribution < -0.4 is 4.90 Å². The molecule has 4 rings (SSSR count). The highest BCUT2D eigenvalue weighted by atomic mass is 35.5. The first-order valence-corrected chi connectivity index (χ1v) is 10.0. The van der Waals surface area contributed by atoms with Crippen LogP contribution in [0.1, 0.15) is 25.7 Å². The number of aliphatic carboxylic acids is 1. The molecule has 0 amide bonds. The molecule has 1 aliphatic rings. The summed E-state index contributed by atoms with van der Waals surface area (Å²) in [5.74, 6) is -1.21. The van der Waals surface area contributed by atoms with Crippen molar-refractivity contribution in [3.63, 3.8) is 0 Å². The van der Waals surface area contributed by atoms with Crippen molar-refractivity contribution >= 4 is 34.3 Å². The first kappa shape index (κ1) is 20.4. The van der Waals surface area contributed by atoms with Crippen molar-refractivity contribution < 1.29 is 18.7 Å². The minimum atomic E-state index is -0.785. The van der Waals surface area contributed by atoms with E-state index in [2.05, 4.69) is 19.9 Å². The smallest absolute Gasteiger partial charge is 0.303 e. The van der Waals surface area contributed by atoms with Crippen LogP contribution in [0.25, 0.3) is 22.3 Å². The second kappa shape index (κ2) is 8.47. The number of piperidine rings is 1. The molecule has 3 aromatic rings. The van der Waals surface area contributed by atoms with Gasteiger partial charge in [0, 0.05) is 31.9 Å². The summed E-state index contributed by atoms with van der Waals surface area (Å²) >= 11 is 5.67. The lowest BCUT2D eigenvalue weighted by Crippen LogP contribution is -2.34. The van der Waals surface area contributed by atoms with Crippen molar-refractivity contribution in [3.8, 4) is 11.4 Å². The third-order valence-corrected chi connectivity index (χ3v) is 5.70. The number of rotatable bonds is 5. The van der Waals surface area contributed by atoms with Gasteiger partial charge in [-0.05, 0) is 43.4 Å². The number of anilines is 1. The number of hydrogen-bond acceptors (Lipinski definition) is 5. The van der Waals surface area contributed by atoms with Crippen LogP contribution in [0.5, 0.6) is 0 Å². The van der Waals surface area contributed by atoms with Gasteiger partial charge >= 0.3 is 5.97 Å². The lowest BCUT2D eigenvalue weighted by Gasteiger charge is -2.33. The van der Waals surface area contributed by atoms with Crippen molar-refractivity contribution in [2.75, 3.05) is 18.0 Å². The predicted octanol–water partition coefficient (Wildman–Crippen LogP) is 4.70. The summed E-state index contributed by atoms with van der Waals surface area (Å²) in [4.78, 5) is 26.0. The zero-order valence-corrected chi connectivity index (χ0v) is 16.7. The number of nitrogens with zero attached hydrogens (tertiary/aromatic N) is 4. The van der Waals surface area contributed by atoms with Crippen LogP contribution in [0, 0.1) is 17.6 Å². The fraction of sp³-hybridized carbons (Fsp3) is 0.333. The van der Waals surface area contributed by atoms with Crippen LogP contribution in [0.4, 0.5) is 14.6 Å². The Morgan fingerprint density at radius 1 is 1.20 bits per heavy atom. The van der Waals surface area contributed by atoms with Gasteiger partial charge in [0.2, 0.25) is 0 Å². The zero-order valence-electron chi connectivity index (χ0n) is 16.0. The molecule has 6 nitrogen and oxygen atoms in total. The fourth-order valence-electron chi connectivity index (χ4n) is 3.77. The van der Waals surface area contributed by atoms with E-state index in [9.17, 15) is 13.6 Å². The molecule has 3 heterocycles. The zero-order chi connectivity index (χ0) is 21.3. The van der Waals surface area contributed by atoms with Crippen LogP contribution >= 0.6 is 11.6 Å². The molecule has 0 unspecified atom stereocenters. The maximum atomic E-state index is 14.5. The summed E-state index contributed by atoms with van der Waals surface area (Å²) < 4.78 is 28.5. The van der Waals surface area contributed by atoms with E-state index < -0.39 is 17.6 Å². The fourth-order valence-corrected chi connectivity index (χ4v) is 3.92. The summed E-state index contributed by atoms with van der Waals surface area (Å²) in [6.45, 7) is 1.37. The lowest BCUT2D eigenvalue weighted by molar-refractivity contribution is -0.137. The Hall–Kier alpha value is -2.87. The molecule has 0 aliphatic carbocycles. The molecule has 0 radical (unpaired) electrons. The van der Waals surface area contributed by atoms with E-state index >= 15 is 0 Å². The van der Waals surface area contributed by atoms with Gasteiger partial charge in [-0.25, -0.2) is 18.7 Å². The average molecular weight is 433 g/mol. The number of fused-ring (bicyclic) bond motifs is 1. The van der Waals surface area contributed by atoms with Crippen LogP contribution in [0.3, 0.4) is 0 Å². The van der Waals surface area contributed by atoms with Gasteiger partial charge < -0.3 is 10.0 Å². The minimum absolute atomic E-state index is 0.0618. The molecule has 0 atom stereocenters. The summed E-state index contributed by atoms with van der Waals surface area (Å²) in [6.07, 6.45) is 5.71. The van der Waals surface area contributed by atoms with Gasteiger partial charge in [0.15, 0.2) is 5.82 Å². The number of benzene rings is 1. The van der Waals surface area contributed by atoms with Gasteiger partial charge in [0.1, 0.15) is 17.5 Å². The Morgan fingerprint density at radius 3 is 2.70 bits per heavy atom. The molecule has 2 aromatic heterocycles. The molecular formula is C21H19ClF2N4O2. The second-order valence-electron chi connectivity index (χ2n) is 7.37. The molecule has 1 saturated heterocycles. The Bertz CT molecular complexity index is 1100. The largest absolute Gasteiger partial charge is 0.481 e. The monoisotopic (exact) mass is 432 g/mol. The molecule has 0 bridgehead atoms. The quantitative estimate of drug-likeness (QED) is 0.588. The highest BCUT2D eigenvalue weighted by molar-refractivity contribution is 6.30. The van der Waals surface area contributed by atoms with Crippen LogP contribution in [0.15, 0.2) is 30.6 Å². The molecule has 156 valence electrons. The van der Waals surface area contributed by atoms with Crippen LogP contribution in [-0.4, -0.2) is 39.1 Å². The van der Waals surface area contributed by atoms with E-state index in [4.69, 9.17) is 16.7 Å². The first-order chi connectivity index (χ1) is 14.4. The van der Waals surface area contributed by atoms with E-state index in [1.54, 1.807) is 18.5 Å². The Labute approximate surface area is 176 Å². The average Bonchev–Trinajstić information content (AvgIpc) is 2.74. The standard InChI is InChI=1S/C21H19ClF2N4O2/c22-15-10-16(23)13(9-17(15)24)20-26-18-3-6-25-11-14(18)21(27-20)28-7-4-12(5-8-28)1-2-19(29)30/h3,6,9-12H,1-2,4-5,7-8H2,(H,29,30). The van der Waals surface area contributed by atoms with Crippen molar-refractivity contribution in [3.05, 3.63) is 47.2 Å². The van der Waals surface area contributed by atoms with Crippen molar-refractivity contribution in [1.29, 1.82) is 0 Å². The van der Waals surface area contributed by atoms with Crippen molar-refractivity contribution in [1.82, 2.24) is 15.0 Å². The second-order valence-corrected chi connectivity index (χ2v) is 7.78. The third kappa shape index (κ3) is 4.18. The van der Waals surface area contributed by atoms with E-state index in [-0.39, 0.29) is 22.8 Å². The molecule has 0 saturated carbocycles. The predicted molar refractivity (Wildman–Crippen MR) is 110 cm³/mol. The molecule has 1 aromatic carbocycles. The van der Waals surface area contributed by atoms with Gasteiger partial charge in [-0.3, -0.25) is 9.78 Å². The number of aromatic nitrogens is 3. The molecule has 1 N–H and O–H groups in total. The van der Waals surface area contributed by atoms with E-state index in [1.807, 2.05) is 0 Å². The number of hydrogen-bond donors (Lipinski definition) is 1. The van der Waals surface area contributed by atoms with Gasteiger partial charge in [-0.2, -0.15) is 0 Å². The van der Waals surface area contributed by atoms with E-state index in [0.29, 0.717) is 36.8 Å². The number of carbonyl (C=O) groups is 1. The normalized spacial score (nSPS) is 15.0. The molecule has 0 spiro atoms. The Kier molecular flexibility index (Phi) is 5.76. The Balaban J connectivity index is 1.69. The van der Waals surface area contributed by atoms with Crippen LogP contribution in [0.2, 0.25) is 5.02 Å². The number of carboxylic acids is 1. The van der Waals surface area contributed by atoms with Gasteiger partial charge in [0.05, 0.1) is 21.5 Å². The van der Waals surface area contributed by atoms with Gasteiger partial charge in [-0.15, -0.1) is 0 Å². The first-order valence-electron chi connectivity index (χ1n) is 9.66. The topological polar surface area (TPSA) is 79.2 Å². The van der Waals surface area contributed by atoms with Crippen molar-refractivity contribution in [2.45, 2.75) is 25.7 Å². The summed E-state index contributed by atoms with van der Waals surface area (Å²) in [6, 6.07) is 3.62. The molecule has 30 heavy (non-hydrogen) atoms. The summed E-state index contributed by atoms with van der Waals surface area (Å²) in [5, 5.41) is 9.31. The number of pyridine rings is 1. The highest BCUT2D eigenvalue weighted by Gasteiger charge is 2.24. The maximum absolute atomic E-state index is 14.5. The summed E-state index contributed by atoms with van der Waals surface area (Å²) in [5.41, 5.74) is 0.515. The minimum Gasteiger partial charge on any atom is -0.481 e. The maximum Gasteiger partial charge on any atom is 0.303 e. The third-order valence-electron chi connectivity index (χ3n) is 5.41. The number of carboxylic acid groups (broad SMARTS) is 1. The number of halogens is 3. The molecule has 1 aliphatic heterocycles.